The number of benzene rings is 4. The van der Waals surface area contributed by atoms with Gasteiger partial charge in [-0.1, -0.05) is 135 Å². The van der Waals surface area contributed by atoms with E-state index in [1.54, 1.807) is 7.11 Å². The molecule has 1 atom stereocenters. The van der Waals surface area contributed by atoms with Gasteiger partial charge >= 0.3 is 0 Å². The summed E-state index contributed by atoms with van der Waals surface area (Å²) in [6.45, 7) is 16.2. The topological polar surface area (TPSA) is 18.5 Å². The van der Waals surface area contributed by atoms with Crippen molar-refractivity contribution < 1.29 is 9.47 Å². The third-order valence-electron chi connectivity index (χ3n) is 6.86. The average molecular weight is 557 g/mol. The Balaban J connectivity index is 1.96. The fourth-order valence-electron chi connectivity index (χ4n) is 4.70. The second-order valence-electron chi connectivity index (χ2n) is 12.1. The first-order valence-electron chi connectivity index (χ1n) is 13.6. The Bertz CT molecular complexity index is 1340. The highest BCUT2D eigenvalue weighted by molar-refractivity contribution is 7.81. The Morgan fingerprint density at radius 3 is 1.82 bits per heavy atom. The third kappa shape index (κ3) is 6.99. The monoisotopic (exact) mass is 556 g/mol. The molecule has 4 rings (SSSR count). The first-order chi connectivity index (χ1) is 18.5. The second-order valence-corrected chi connectivity index (χ2v) is 15.5. The lowest BCUT2D eigenvalue weighted by Gasteiger charge is -2.30. The zero-order chi connectivity index (χ0) is 28.2. The van der Waals surface area contributed by atoms with Crippen LogP contribution in [0.3, 0.4) is 0 Å². The zero-order valence-electron chi connectivity index (χ0n) is 24.6. The molecule has 4 aromatic rings. The molecule has 4 aromatic carbocycles. The van der Waals surface area contributed by atoms with E-state index in [4.69, 9.17) is 9.47 Å². The van der Waals surface area contributed by atoms with E-state index in [2.05, 4.69) is 139 Å². The predicted molar refractivity (Wildman–Crippen MR) is 174 cm³/mol. The molecule has 0 aliphatic heterocycles. The molecule has 0 heterocycles. The summed E-state index contributed by atoms with van der Waals surface area (Å²) >= 11 is 0. The van der Waals surface area contributed by atoms with E-state index < -0.39 is 7.92 Å². The quantitative estimate of drug-likeness (QED) is 0.173. The van der Waals surface area contributed by atoms with Gasteiger partial charge in [-0.2, -0.15) is 0 Å². The fraction of sp³-hybridized carbons (Fsp3) is 0.314. The maximum atomic E-state index is 6.38. The van der Waals surface area contributed by atoms with Crippen molar-refractivity contribution in [2.45, 2.75) is 59.3 Å². The smallest absolute Gasteiger partial charge is 0.188 e. The number of rotatable bonds is 8. The molecule has 0 spiro atoms. The summed E-state index contributed by atoms with van der Waals surface area (Å²) in [4.78, 5) is 0. The lowest BCUT2D eigenvalue weighted by atomic mass is 9.80. The number of ether oxygens (including phenoxy) is 2. The molecule has 0 aliphatic rings. The van der Waals surface area contributed by atoms with Crippen molar-refractivity contribution in [3.05, 3.63) is 108 Å². The predicted octanol–water partition coefficient (Wildman–Crippen LogP) is 6.96. The number of methoxy groups -OCH3 is 1. The van der Waals surface area contributed by atoms with E-state index in [0.29, 0.717) is 8.58 Å². The van der Waals surface area contributed by atoms with Gasteiger partial charge in [-0.3, -0.25) is 0 Å². The van der Waals surface area contributed by atoms with Gasteiger partial charge in [0, 0.05) is 18.0 Å². The second kappa shape index (κ2) is 12.3. The highest BCUT2D eigenvalue weighted by atomic mass is 31.1. The summed E-state index contributed by atoms with van der Waals surface area (Å²) < 4.78 is 11.8. The Hall–Kier alpha value is -2.50. The molecule has 0 aliphatic carbocycles. The number of aryl methyl sites for hydroxylation is 1. The van der Waals surface area contributed by atoms with E-state index in [1.165, 1.54) is 43.2 Å². The Labute approximate surface area is 238 Å². The molecule has 0 saturated carbocycles. The Kier molecular flexibility index (Phi) is 9.33. The van der Waals surface area contributed by atoms with Crippen LogP contribution in [0.5, 0.6) is 5.75 Å². The SMILES string of the molecule is COCOc1c(Pc2c(C)cccc2P(c2ccccc2)c2ccccc2)cc(C(C)(C)C)cc1C(C)(C)C. The summed E-state index contributed by atoms with van der Waals surface area (Å²) in [7, 11) is 1.42. The van der Waals surface area contributed by atoms with E-state index in [0.717, 1.165) is 5.75 Å². The normalized spacial score (nSPS) is 12.4. The molecule has 0 fully saturated rings. The molecule has 0 amide bonds. The van der Waals surface area contributed by atoms with Crippen LogP contribution in [0.4, 0.5) is 0 Å². The van der Waals surface area contributed by atoms with Crippen molar-refractivity contribution in [2.75, 3.05) is 13.9 Å². The van der Waals surface area contributed by atoms with Crippen LogP contribution in [0.1, 0.15) is 58.2 Å². The standard InChI is InChI=1S/C35H42O2P2/c1-25-16-15-21-31(39(27-17-11-9-12-18-27)28-19-13-10-14-20-28)33(25)38-30-23-26(34(2,3)4)22-29(35(5,6)7)32(30)37-24-36-8/h9-23,38H,24H2,1-8H3. The summed E-state index contributed by atoms with van der Waals surface area (Å²) in [5.74, 6) is 0.966. The van der Waals surface area contributed by atoms with Gasteiger partial charge in [-0.25, -0.2) is 0 Å². The fourth-order valence-corrected chi connectivity index (χ4v) is 8.94. The summed E-state index contributed by atoms with van der Waals surface area (Å²) in [6.07, 6.45) is 0. The number of hydrogen-bond donors (Lipinski definition) is 0. The van der Waals surface area contributed by atoms with Gasteiger partial charge in [0.2, 0.25) is 0 Å². The minimum Gasteiger partial charge on any atom is -0.467 e. The van der Waals surface area contributed by atoms with Crippen LogP contribution in [0, 0.1) is 6.92 Å². The summed E-state index contributed by atoms with van der Waals surface area (Å²) in [5.41, 5.74) is 3.84. The maximum Gasteiger partial charge on any atom is 0.188 e. The molecule has 39 heavy (non-hydrogen) atoms. The van der Waals surface area contributed by atoms with Gasteiger partial charge < -0.3 is 9.47 Å². The molecule has 4 heteroatoms. The van der Waals surface area contributed by atoms with Crippen molar-refractivity contribution >= 4 is 43.0 Å². The molecule has 0 aromatic heterocycles. The highest BCUT2D eigenvalue weighted by Crippen LogP contribution is 2.39. The molecule has 0 saturated heterocycles. The van der Waals surface area contributed by atoms with Crippen LogP contribution in [-0.2, 0) is 15.6 Å². The van der Waals surface area contributed by atoms with Gasteiger partial charge in [0.1, 0.15) is 5.75 Å². The van der Waals surface area contributed by atoms with Crippen molar-refractivity contribution in [1.29, 1.82) is 0 Å². The first kappa shape index (κ1) is 29.5. The first-order valence-corrected chi connectivity index (χ1v) is 15.9. The van der Waals surface area contributed by atoms with Crippen LogP contribution in [-0.4, -0.2) is 13.9 Å². The van der Waals surface area contributed by atoms with Crippen molar-refractivity contribution in [3.63, 3.8) is 0 Å². The van der Waals surface area contributed by atoms with Crippen molar-refractivity contribution in [3.8, 4) is 5.75 Å². The summed E-state index contributed by atoms with van der Waals surface area (Å²) in [5, 5.41) is 6.80. The van der Waals surface area contributed by atoms with Crippen LogP contribution in [0.2, 0.25) is 0 Å². The van der Waals surface area contributed by atoms with Crippen molar-refractivity contribution in [1.82, 2.24) is 0 Å². The Morgan fingerprint density at radius 2 is 1.31 bits per heavy atom. The van der Waals surface area contributed by atoms with Crippen LogP contribution in [0.25, 0.3) is 0 Å². The van der Waals surface area contributed by atoms with E-state index >= 15 is 0 Å². The third-order valence-corrected chi connectivity index (χ3v) is 11.1. The van der Waals surface area contributed by atoms with Gasteiger partial charge in [0.25, 0.3) is 0 Å². The molecule has 2 nitrogen and oxygen atoms in total. The minimum absolute atomic E-state index is 0.0221. The van der Waals surface area contributed by atoms with Gasteiger partial charge in [0.15, 0.2) is 6.79 Å². The number of hydrogen-bond acceptors (Lipinski definition) is 2. The van der Waals surface area contributed by atoms with Gasteiger partial charge in [-0.05, 0) is 64.1 Å². The van der Waals surface area contributed by atoms with E-state index in [1.807, 2.05) is 0 Å². The van der Waals surface area contributed by atoms with Gasteiger partial charge in [-0.15, -0.1) is 0 Å². The lowest BCUT2D eigenvalue weighted by molar-refractivity contribution is 0.0506. The minimum atomic E-state index is -0.719. The van der Waals surface area contributed by atoms with Crippen molar-refractivity contribution in [2.24, 2.45) is 0 Å². The zero-order valence-corrected chi connectivity index (χ0v) is 26.5. The van der Waals surface area contributed by atoms with E-state index in [-0.39, 0.29) is 17.6 Å². The molecular weight excluding hydrogens is 514 g/mol. The lowest BCUT2D eigenvalue weighted by Crippen LogP contribution is -2.32. The molecular formula is C35H42O2P2. The maximum absolute atomic E-state index is 6.38. The van der Waals surface area contributed by atoms with Gasteiger partial charge in [0.05, 0.1) is 0 Å². The molecule has 0 bridgehead atoms. The highest BCUT2D eigenvalue weighted by Gasteiger charge is 2.28. The summed E-state index contributed by atoms with van der Waals surface area (Å²) in [6, 6.07) is 33.5. The molecule has 204 valence electrons. The average Bonchev–Trinajstić information content (AvgIpc) is 2.89. The van der Waals surface area contributed by atoms with E-state index in [9.17, 15) is 0 Å². The van der Waals surface area contributed by atoms with Crippen LogP contribution < -0.4 is 31.3 Å². The Morgan fingerprint density at radius 1 is 0.718 bits per heavy atom. The van der Waals surface area contributed by atoms with Crippen LogP contribution >= 0.6 is 16.5 Å². The molecule has 0 N–H and O–H groups in total. The largest absolute Gasteiger partial charge is 0.467 e. The molecule has 1 unspecified atom stereocenters. The molecule has 0 radical (unpaired) electrons. The van der Waals surface area contributed by atoms with Crippen LogP contribution in [0.15, 0.2) is 91.0 Å².